The Bertz CT molecular complexity index is 474. The van der Waals surface area contributed by atoms with Crippen molar-refractivity contribution in [3.05, 3.63) is 48.3 Å². The first-order valence-corrected chi connectivity index (χ1v) is 5.55. The summed E-state index contributed by atoms with van der Waals surface area (Å²) < 4.78 is 7.27. The molecule has 0 fully saturated rings. The third-order valence-electron chi connectivity index (χ3n) is 3.05. The average molecular weight is 231 g/mol. The number of nitrogens with two attached hydrogens (primary N) is 1. The highest BCUT2D eigenvalue weighted by atomic mass is 16.5. The zero-order valence-electron chi connectivity index (χ0n) is 10.1. The van der Waals surface area contributed by atoms with E-state index in [0.29, 0.717) is 6.54 Å². The van der Waals surface area contributed by atoms with Crippen LogP contribution in [0.3, 0.4) is 0 Å². The van der Waals surface area contributed by atoms with Gasteiger partial charge in [-0.3, -0.25) is 0 Å². The maximum Gasteiger partial charge on any atom is 0.105 e. The van der Waals surface area contributed by atoms with Gasteiger partial charge in [0, 0.05) is 25.4 Å². The lowest BCUT2D eigenvalue weighted by Gasteiger charge is -2.24. The van der Waals surface area contributed by atoms with Crippen LogP contribution in [0.15, 0.2) is 42.7 Å². The summed E-state index contributed by atoms with van der Waals surface area (Å²) in [5, 5.41) is 4.33. The molecule has 0 saturated heterocycles. The lowest BCUT2D eigenvalue weighted by molar-refractivity contribution is 0.0101. The van der Waals surface area contributed by atoms with Crippen LogP contribution >= 0.6 is 0 Å². The van der Waals surface area contributed by atoms with Gasteiger partial charge < -0.3 is 10.5 Å². The molecule has 4 nitrogen and oxygen atoms in total. The number of nitrogens with zero attached hydrogens (tertiary/aromatic N) is 2. The van der Waals surface area contributed by atoms with Gasteiger partial charge in [0.2, 0.25) is 0 Å². The van der Waals surface area contributed by atoms with Crippen molar-refractivity contribution in [1.82, 2.24) is 9.78 Å². The summed E-state index contributed by atoms with van der Waals surface area (Å²) in [6.07, 6.45) is 3.75. The Labute approximate surface area is 101 Å². The standard InChI is InChI=1S/C13H17N3O/c1-13(10-14,17-2)11-8-15-16(9-11)12-6-4-3-5-7-12/h3-9H,10,14H2,1-2H3. The van der Waals surface area contributed by atoms with Gasteiger partial charge in [-0.1, -0.05) is 18.2 Å². The van der Waals surface area contributed by atoms with Crippen LogP contribution in [0.4, 0.5) is 0 Å². The van der Waals surface area contributed by atoms with E-state index < -0.39 is 5.60 Å². The molecule has 2 aromatic rings. The Balaban J connectivity index is 2.34. The highest BCUT2D eigenvalue weighted by Gasteiger charge is 2.26. The Morgan fingerprint density at radius 3 is 2.65 bits per heavy atom. The Hall–Kier alpha value is -1.65. The Kier molecular flexibility index (Phi) is 3.26. The van der Waals surface area contributed by atoms with Crippen LogP contribution in [0.25, 0.3) is 5.69 Å². The van der Waals surface area contributed by atoms with Crippen LogP contribution in [0, 0.1) is 0 Å². The minimum atomic E-state index is -0.479. The SMILES string of the molecule is COC(C)(CN)c1cnn(-c2ccccc2)c1. The highest BCUT2D eigenvalue weighted by molar-refractivity contribution is 5.31. The first-order chi connectivity index (χ1) is 8.19. The maximum absolute atomic E-state index is 5.74. The zero-order valence-corrected chi connectivity index (χ0v) is 10.1. The monoisotopic (exact) mass is 231 g/mol. The second-order valence-electron chi connectivity index (χ2n) is 4.15. The van der Waals surface area contributed by atoms with Crippen LogP contribution in [-0.4, -0.2) is 23.4 Å². The van der Waals surface area contributed by atoms with Crippen LogP contribution in [0.5, 0.6) is 0 Å². The fourth-order valence-electron chi connectivity index (χ4n) is 1.64. The molecule has 1 unspecified atom stereocenters. The van der Waals surface area contributed by atoms with Crippen molar-refractivity contribution in [3.8, 4) is 5.69 Å². The summed E-state index contributed by atoms with van der Waals surface area (Å²) in [5.41, 5.74) is 7.26. The van der Waals surface area contributed by atoms with E-state index in [9.17, 15) is 0 Å². The van der Waals surface area contributed by atoms with Crippen molar-refractivity contribution in [2.45, 2.75) is 12.5 Å². The molecule has 1 atom stereocenters. The first kappa shape index (κ1) is 11.8. The number of hydrogen-bond acceptors (Lipinski definition) is 3. The smallest absolute Gasteiger partial charge is 0.105 e. The largest absolute Gasteiger partial charge is 0.372 e. The number of aromatic nitrogens is 2. The second-order valence-corrected chi connectivity index (χ2v) is 4.15. The van der Waals surface area contributed by atoms with Gasteiger partial charge in [0.05, 0.1) is 11.9 Å². The van der Waals surface area contributed by atoms with E-state index >= 15 is 0 Å². The Morgan fingerprint density at radius 1 is 1.35 bits per heavy atom. The number of benzene rings is 1. The summed E-state index contributed by atoms with van der Waals surface area (Å²) in [4.78, 5) is 0. The first-order valence-electron chi connectivity index (χ1n) is 5.55. The van der Waals surface area contributed by atoms with Crippen LogP contribution < -0.4 is 5.73 Å². The molecule has 17 heavy (non-hydrogen) atoms. The zero-order chi connectivity index (χ0) is 12.3. The van der Waals surface area contributed by atoms with E-state index in [-0.39, 0.29) is 0 Å². The topological polar surface area (TPSA) is 53.1 Å². The van der Waals surface area contributed by atoms with E-state index in [0.717, 1.165) is 11.3 Å². The second kappa shape index (κ2) is 4.69. The molecule has 4 heteroatoms. The third-order valence-corrected chi connectivity index (χ3v) is 3.05. The van der Waals surface area contributed by atoms with E-state index in [4.69, 9.17) is 10.5 Å². The summed E-state index contributed by atoms with van der Waals surface area (Å²) in [7, 11) is 1.66. The van der Waals surface area contributed by atoms with E-state index in [1.165, 1.54) is 0 Å². The number of para-hydroxylation sites is 1. The quantitative estimate of drug-likeness (QED) is 0.871. The molecule has 1 heterocycles. The van der Waals surface area contributed by atoms with Crippen LogP contribution in [0.1, 0.15) is 12.5 Å². The summed E-state index contributed by atoms with van der Waals surface area (Å²) >= 11 is 0. The van der Waals surface area contributed by atoms with Gasteiger partial charge in [0.1, 0.15) is 5.60 Å². The number of methoxy groups -OCH3 is 1. The van der Waals surface area contributed by atoms with Gasteiger partial charge in [-0.15, -0.1) is 0 Å². The van der Waals surface area contributed by atoms with Gasteiger partial charge in [-0.25, -0.2) is 4.68 Å². The van der Waals surface area contributed by atoms with Crippen molar-refractivity contribution >= 4 is 0 Å². The minimum absolute atomic E-state index is 0.421. The van der Waals surface area contributed by atoms with Gasteiger partial charge in [-0.2, -0.15) is 5.10 Å². The van der Waals surface area contributed by atoms with E-state index in [1.807, 2.05) is 48.1 Å². The highest BCUT2D eigenvalue weighted by Crippen LogP contribution is 2.23. The molecular formula is C13H17N3O. The molecule has 1 aromatic carbocycles. The van der Waals surface area contributed by atoms with Crippen LogP contribution in [-0.2, 0) is 10.3 Å². The molecule has 0 aliphatic carbocycles. The predicted octanol–water partition coefficient (Wildman–Crippen LogP) is 1.69. The van der Waals surface area contributed by atoms with Gasteiger partial charge in [0.25, 0.3) is 0 Å². The van der Waals surface area contributed by atoms with Gasteiger partial charge in [0.15, 0.2) is 0 Å². The van der Waals surface area contributed by atoms with Gasteiger partial charge in [-0.05, 0) is 19.1 Å². The number of ether oxygens (including phenoxy) is 1. The maximum atomic E-state index is 5.74. The molecule has 0 radical (unpaired) electrons. The predicted molar refractivity (Wildman–Crippen MR) is 67.0 cm³/mol. The third kappa shape index (κ3) is 2.23. The van der Waals surface area contributed by atoms with Crippen molar-refractivity contribution < 1.29 is 4.74 Å². The van der Waals surface area contributed by atoms with Crippen molar-refractivity contribution in [1.29, 1.82) is 0 Å². The van der Waals surface area contributed by atoms with Crippen molar-refractivity contribution in [2.75, 3.05) is 13.7 Å². The molecule has 0 bridgehead atoms. The molecule has 90 valence electrons. The lowest BCUT2D eigenvalue weighted by Crippen LogP contribution is -2.33. The Morgan fingerprint density at radius 2 is 2.06 bits per heavy atom. The molecule has 2 N–H and O–H groups in total. The fraction of sp³-hybridized carbons (Fsp3) is 0.308. The average Bonchev–Trinajstić information content (AvgIpc) is 2.89. The van der Waals surface area contributed by atoms with Crippen molar-refractivity contribution in [2.24, 2.45) is 5.73 Å². The summed E-state index contributed by atoms with van der Waals surface area (Å²) in [6.45, 7) is 2.38. The summed E-state index contributed by atoms with van der Waals surface area (Å²) in [5.74, 6) is 0. The van der Waals surface area contributed by atoms with E-state index in [1.54, 1.807) is 13.3 Å². The molecule has 0 spiro atoms. The molecule has 1 aromatic heterocycles. The molecule has 0 aliphatic heterocycles. The minimum Gasteiger partial charge on any atom is -0.372 e. The normalized spacial score (nSPS) is 14.5. The lowest BCUT2D eigenvalue weighted by atomic mass is 10.00. The molecule has 0 aliphatic rings. The summed E-state index contributed by atoms with van der Waals surface area (Å²) in [6, 6.07) is 9.95. The number of rotatable bonds is 4. The molecular weight excluding hydrogens is 214 g/mol. The van der Waals surface area contributed by atoms with Crippen molar-refractivity contribution in [3.63, 3.8) is 0 Å². The van der Waals surface area contributed by atoms with E-state index in [2.05, 4.69) is 5.10 Å². The molecule has 0 amide bonds. The van der Waals surface area contributed by atoms with Crippen LogP contribution in [0.2, 0.25) is 0 Å². The molecule has 0 saturated carbocycles. The fourth-order valence-corrected chi connectivity index (χ4v) is 1.64. The molecule has 2 rings (SSSR count). The number of hydrogen-bond donors (Lipinski definition) is 1. The van der Waals surface area contributed by atoms with Gasteiger partial charge >= 0.3 is 0 Å².